The second-order valence-corrected chi connectivity index (χ2v) is 11.4. The normalized spacial score (nSPS) is 11.9. The molecule has 0 aliphatic heterocycles. The zero-order valence-electron chi connectivity index (χ0n) is 22.1. The molecule has 0 saturated carbocycles. The summed E-state index contributed by atoms with van der Waals surface area (Å²) in [5.74, 6) is 0.301. The number of hydrogen-bond donors (Lipinski definition) is 1. The van der Waals surface area contributed by atoms with Crippen LogP contribution in [0.4, 0.5) is 5.82 Å². The first-order chi connectivity index (χ1) is 16.3. The Morgan fingerprint density at radius 3 is 2.17 bits per heavy atom. The molecular weight excluding hydrogens is 436 g/mol. The number of aryl methyl sites for hydroxylation is 1. The molecule has 0 aliphatic carbocycles. The molecule has 6 heteroatoms. The summed E-state index contributed by atoms with van der Waals surface area (Å²) in [6.07, 6.45) is 0.364. The molecule has 3 rings (SSSR count). The van der Waals surface area contributed by atoms with Gasteiger partial charge in [-0.2, -0.15) is 5.10 Å². The van der Waals surface area contributed by atoms with Gasteiger partial charge < -0.3 is 10.2 Å². The van der Waals surface area contributed by atoms with Gasteiger partial charge in [-0.15, -0.1) is 0 Å². The fraction of sp³-hybridized carbons (Fsp3) is 0.414. The number of amides is 2. The van der Waals surface area contributed by atoms with Gasteiger partial charge in [-0.3, -0.25) is 9.59 Å². The van der Waals surface area contributed by atoms with Gasteiger partial charge in [0.15, 0.2) is 0 Å². The van der Waals surface area contributed by atoms with Crippen molar-refractivity contribution in [3.8, 4) is 5.69 Å². The average Bonchev–Trinajstić information content (AvgIpc) is 3.17. The number of nitrogens with zero attached hydrogens (tertiary/aromatic N) is 3. The molecule has 1 heterocycles. The minimum atomic E-state index is -0.251. The molecule has 35 heavy (non-hydrogen) atoms. The zero-order chi connectivity index (χ0) is 25.8. The maximum absolute atomic E-state index is 13.3. The van der Waals surface area contributed by atoms with Gasteiger partial charge in [0, 0.05) is 24.4 Å². The lowest BCUT2D eigenvalue weighted by Crippen LogP contribution is -2.39. The monoisotopic (exact) mass is 474 g/mol. The number of benzene rings is 2. The third-order valence-electron chi connectivity index (χ3n) is 5.67. The molecule has 0 fully saturated rings. The molecule has 0 unspecified atom stereocenters. The number of para-hydroxylation sites is 1. The highest BCUT2D eigenvalue weighted by atomic mass is 16.2. The predicted octanol–water partition coefficient (Wildman–Crippen LogP) is 5.88. The molecule has 3 aromatic rings. The molecule has 1 N–H and O–H groups in total. The van der Waals surface area contributed by atoms with Crippen molar-refractivity contribution in [2.75, 3.05) is 11.9 Å². The van der Waals surface area contributed by atoms with E-state index in [1.54, 1.807) is 9.58 Å². The molecule has 1 aromatic heterocycles. The van der Waals surface area contributed by atoms with E-state index in [0.29, 0.717) is 18.8 Å². The fourth-order valence-electron chi connectivity index (χ4n) is 3.78. The van der Waals surface area contributed by atoms with Crippen molar-refractivity contribution in [3.63, 3.8) is 0 Å². The van der Waals surface area contributed by atoms with Gasteiger partial charge in [-0.05, 0) is 29.5 Å². The number of rotatable bonds is 7. The van der Waals surface area contributed by atoms with E-state index >= 15 is 0 Å². The Bertz CT molecular complexity index is 1170. The number of carbonyl (C=O) groups excluding carboxylic acids is 2. The van der Waals surface area contributed by atoms with Gasteiger partial charge in [0.1, 0.15) is 12.4 Å². The van der Waals surface area contributed by atoms with Crippen LogP contribution in [0.2, 0.25) is 0 Å². The van der Waals surface area contributed by atoms with Crippen LogP contribution in [0.5, 0.6) is 0 Å². The average molecular weight is 475 g/mol. The Balaban J connectivity index is 1.88. The maximum atomic E-state index is 13.3. The van der Waals surface area contributed by atoms with Crippen molar-refractivity contribution in [2.45, 2.75) is 66.8 Å². The first kappa shape index (κ1) is 26.2. The molecule has 0 aliphatic rings. The summed E-state index contributed by atoms with van der Waals surface area (Å²) in [6.45, 7) is 14.7. The Morgan fingerprint density at radius 2 is 1.57 bits per heavy atom. The zero-order valence-corrected chi connectivity index (χ0v) is 22.1. The van der Waals surface area contributed by atoms with Gasteiger partial charge >= 0.3 is 0 Å². The van der Waals surface area contributed by atoms with Crippen molar-refractivity contribution < 1.29 is 9.59 Å². The summed E-state index contributed by atoms with van der Waals surface area (Å²) in [5.41, 5.74) is 3.47. The van der Waals surface area contributed by atoms with Crippen LogP contribution in [0.3, 0.4) is 0 Å². The molecule has 6 nitrogen and oxygen atoms in total. The number of nitrogens with one attached hydrogen (secondary N) is 1. The molecule has 2 aromatic carbocycles. The quantitative estimate of drug-likeness (QED) is 0.465. The van der Waals surface area contributed by atoms with E-state index in [1.807, 2.05) is 88.4 Å². The van der Waals surface area contributed by atoms with E-state index in [0.717, 1.165) is 22.5 Å². The van der Waals surface area contributed by atoms with Crippen LogP contribution >= 0.6 is 0 Å². The highest BCUT2D eigenvalue weighted by Gasteiger charge is 2.25. The van der Waals surface area contributed by atoms with E-state index in [9.17, 15) is 9.59 Å². The highest BCUT2D eigenvalue weighted by Crippen LogP contribution is 2.27. The topological polar surface area (TPSA) is 67.2 Å². The van der Waals surface area contributed by atoms with Crippen molar-refractivity contribution in [1.82, 2.24) is 14.7 Å². The van der Waals surface area contributed by atoms with Gasteiger partial charge in [0.25, 0.3) is 0 Å². The van der Waals surface area contributed by atoms with E-state index in [1.165, 1.54) is 0 Å². The minimum Gasteiger partial charge on any atom is -0.329 e. The largest absolute Gasteiger partial charge is 0.329 e. The number of anilines is 1. The standard InChI is InChI=1S/C29H38N4O2/c1-21-13-11-12-16-23(21)33-25(17-24(31-33)29(5,6)7)30-26(34)20-32(27(35)18-28(2,3)4)19-22-14-9-8-10-15-22/h8-17H,18-20H2,1-7H3,(H,30,34). The Morgan fingerprint density at radius 1 is 0.943 bits per heavy atom. The lowest BCUT2D eigenvalue weighted by molar-refractivity contribution is -0.136. The molecule has 0 spiro atoms. The third-order valence-corrected chi connectivity index (χ3v) is 5.67. The minimum absolute atomic E-state index is 0.0341. The van der Waals surface area contributed by atoms with E-state index in [2.05, 4.69) is 26.1 Å². The van der Waals surface area contributed by atoms with E-state index < -0.39 is 0 Å². The van der Waals surface area contributed by atoms with Gasteiger partial charge in [0.05, 0.1) is 11.4 Å². The SMILES string of the molecule is Cc1ccccc1-n1nc(C(C)(C)C)cc1NC(=O)CN(Cc1ccccc1)C(=O)CC(C)(C)C. The van der Waals surface area contributed by atoms with Gasteiger partial charge in [-0.25, -0.2) is 4.68 Å². The molecule has 186 valence electrons. The second kappa shape index (κ2) is 10.5. The molecule has 2 amide bonds. The fourth-order valence-corrected chi connectivity index (χ4v) is 3.78. The molecule has 0 saturated heterocycles. The molecule has 0 radical (unpaired) electrons. The van der Waals surface area contributed by atoms with Gasteiger partial charge in [-0.1, -0.05) is 90.1 Å². The van der Waals surface area contributed by atoms with Crippen molar-refractivity contribution in [2.24, 2.45) is 5.41 Å². The first-order valence-electron chi connectivity index (χ1n) is 12.1. The summed E-state index contributed by atoms with van der Waals surface area (Å²) in [6, 6.07) is 19.6. The highest BCUT2D eigenvalue weighted by molar-refractivity contribution is 5.94. The lowest BCUT2D eigenvalue weighted by atomic mass is 9.91. The smallest absolute Gasteiger partial charge is 0.245 e. The van der Waals surface area contributed by atoms with Crippen LogP contribution in [0.25, 0.3) is 5.69 Å². The number of carbonyl (C=O) groups is 2. The van der Waals surface area contributed by atoms with Crippen LogP contribution in [0, 0.1) is 12.3 Å². The van der Waals surface area contributed by atoms with Gasteiger partial charge in [0.2, 0.25) is 11.8 Å². The Kier molecular flexibility index (Phi) is 7.83. The van der Waals surface area contributed by atoms with Crippen molar-refractivity contribution >= 4 is 17.6 Å². The Hall–Kier alpha value is -3.41. The van der Waals surface area contributed by atoms with E-state index in [4.69, 9.17) is 5.10 Å². The van der Waals surface area contributed by atoms with Crippen LogP contribution < -0.4 is 5.32 Å². The van der Waals surface area contributed by atoms with Crippen LogP contribution in [0.1, 0.15) is 64.8 Å². The van der Waals surface area contributed by atoms with Crippen molar-refractivity contribution in [3.05, 3.63) is 77.5 Å². The molecular formula is C29H38N4O2. The summed E-state index contributed by atoms with van der Waals surface area (Å²) in [4.78, 5) is 28.0. The summed E-state index contributed by atoms with van der Waals surface area (Å²) < 4.78 is 1.78. The Labute approximate surface area is 209 Å². The van der Waals surface area contributed by atoms with Crippen LogP contribution in [-0.2, 0) is 21.5 Å². The second-order valence-electron chi connectivity index (χ2n) is 11.4. The number of hydrogen-bond acceptors (Lipinski definition) is 3. The maximum Gasteiger partial charge on any atom is 0.245 e. The van der Waals surface area contributed by atoms with Crippen LogP contribution in [0.15, 0.2) is 60.7 Å². The van der Waals surface area contributed by atoms with E-state index in [-0.39, 0.29) is 29.2 Å². The summed E-state index contributed by atoms with van der Waals surface area (Å²) in [5, 5.41) is 7.85. The number of aromatic nitrogens is 2. The molecule has 0 atom stereocenters. The summed E-state index contributed by atoms with van der Waals surface area (Å²) in [7, 11) is 0. The van der Waals surface area contributed by atoms with Crippen LogP contribution in [-0.4, -0.2) is 33.0 Å². The van der Waals surface area contributed by atoms with Crippen molar-refractivity contribution in [1.29, 1.82) is 0 Å². The lowest BCUT2D eigenvalue weighted by Gasteiger charge is -2.26. The third kappa shape index (κ3) is 7.28. The summed E-state index contributed by atoms with van der Waals surface area (Å²) >= 11 is 0. The molecule has 0 bridgehead atoms. The predicted molar refractivity (Wildman–Crippen MR) is 142 cm³/mol. The first-order valence-corrected chi connectivity index (χ1v) is 12.1.